The van der Waals surface area contributed by atoms with Crippen LogP contribution in [0.2, 0.25) is 0 Å². The molecule has 0 saturated carbocycles. The van der Waals surface area contributed by atoms with E-state index in [9.17, 15) is 13.2 Å². The number of alkyl halides is 3. The van der Waals surface area contributed by atoms with E-state index in [1.807, 2.05) is 12.1 Å². The maximum Gasteiger partial charge on any atom is 0.397 e. The van der Waals surface area contributed by atoms with Gasteiger partial charge in [0.25, 0.3) is 0 Å². The van der Waals surface area contributed by atoms with E-state index in [1.165, 1.54) is 26.0 Å². The van der Waals surface area contributed by atoms with Crippen LogP contribution in [-0.4, -0.2) is 11.2 Å². The van der Waals surface area contributed by atoms with Crippen LogP contribution in [0.3, 0.4) is 0 Å². The molecule has 0 fully saturated rings. The van der Waals surface area contributed by atoms with Gasteiger partial charge >= 0.3 is 6.18 Å². The summed E-state index contributed by atoms with van der Waals surface area (Å²) < 4.78 is 38.8. The van der Waals surface area contributed by atoms with Crippen LogP contribution in [0.15, 0.2) is 48.7 Å². The summed E-state index contributed by atoms with van der Waals surface area (Å²) in [7, 11) is 0. The molecule has 0 aliphatic rings. The molecule has 0 aliphatic heterocycles. The molecule has 0 bridgehead atoms. The van der Waals surface area contributed by atoms with Crippen molar-refractivity contribution in [1.29, 1.82) is 0 Å². The van der Waals surface area contributed by atoms with E-state index in [0.717, 1.165) is 11.3 Å². The number of aromatic nitrogens is 1. The Morgan fingerprint density at radius 1 is 0.895 bits per heavy atom. The summed E-state index contributed by atoms with van der Waals surface area (Å²) in [5.74, 6) is 0. The van der Waals surface area contributed by atoms with Gasteiger partial charge in [-0.25, -0.2) is 0 Å². The van der Waals surface area contributed by atoms with Crippen molar-refractivity contribution >= 4 is 0 Å². The minimum atomic E-state index is -4.26. The Hall–Kier alpha value is -1.84. The molecule has 2 rings (SSSR count). The molecule has 0 amide bonds. The van der Waals surface area contributed by atoms with Crippen molar-refractivity contribution in [2.75, 3.05) is 0 Å². The summed E-state index contributed by atoms with van der Waals surface area (Å²) in [5, 5.41) is 0. The highest BCUT2D eigenvalue weighted by Gasteiger charge is 2.48. The van der Waals surface area contributed by atoms with Crippen LogP contribution in [-0.2, 0) is 5.41 Å². The summed E-state index contributed by atoms with van der Waals surface area (Å²) in [5.41, 5.74) is -0.0452. The Morgan fingerprint density at radius 2 is 1.53 bits per heavy atom. The molecule has 1 aromatic heterocycles. The first-order chi connectivity index (χ1) is 8.82. The second kappa shape index (κ2) is 4.68. The van der Waals surface area contributed by atoms with E-state index in [-0.39, 0.29) is 5.56 Å². The molecule has 0 unspecified atom stereocenters. The van der Waals surface area contributed by atoms with E-state index in [2.05, 4.69) is 4.98 Å². The van der Waals surface area contributed by atoms with Crippen LogP contribution in [0.5, 0.6) is 0 Å². The molecule has 1 nitrogen and oxygen atoms in total. The fourth-order valence-electron chi connectivity index (χ4n) is 1.75. The summed E-state index contributed by atoms with van der Waals surface area (Å²) in [4.78, 5) is 4.17. The van der Waals surface area contributed by atoms with Gasteiger partial charge in [-0.1, -0.05) is 30.3 Å². The Morgan fingerprint density at radius 3 is 2.00 bits per heavy atom. The molecule has 19 heavy (non-hydrogen) atoms. The number of rotatable bonds is 2. The zero-order valence-electron chi connectivity index (χ0n) is 10.7. The lowest BCUT2D eigenvalue weighted by Gasteiger charge is -2.28. The van der Waals surface area contributed by atoms with Crippen LogP contribution in [0.1, 0.15) is 19.4 Å². The fourth-order valence-corrected chi connectivity index (χ4v) is 1.75. The van der Waals surface area contributed by atoms with Gasteiger partial charge in [0, 0.05) is 11.8 Å². The standard InChI is InChI=1S/C15H14F3N/c1-14(2,15(16,17)18)12-8-6-11(7-9-12)13-5-3-4-10-19-13/h3-10H,1-2H3. The Kier molecular flexibility index (Phi) is 3.35. The Balaban J connectivity index is 2.35. The Bertz CT molecular complexity index is 542. The largest absolute Gasteiger partial charge is 0.397 e. The van der Waals surface area contributed by atoms with E-state index in [0.29, 0.717) is 0 Å². The lowest BCUT2D eigenvalue weighted by atomic mass is 9.83. The zero-order chi connectivity index (χ0) is 14.1. The molecular weight excluding hydrogens is 251 g/mol. The highest BCUT2D eigenvalue weighted by molar-refractivity contribution is 5.59. The molecule has 0 N–H and O–H groups in total. The molecule has 1 heterocycles. The quantitative estimate of drug-likeness (QED) is 0.774. The SMILES string of the molecule is CC(C)(c1ccc(-c2ccccn2)cc1)C(F)(F)F. The topological polar surface area (TPSA) is 12.9 Å². The third-order valence-electron chi connectivity index (χ3n) is 3.28. The maximum absolute atomic E-state index is 12.9. The van der Waals surface area contributed by atoms with Crippen LogP contribution in [0.25, 0.3) is 11.3 Å². The van der Waals surface area contributed by atoms with Gasteiger partial charge < -0.3 is 0 Å². The molecule has 4 heteroatoms. The number of pyridine rings is 1. The predicted octanol–water partition coefficient (Wildman–Crippen LogP) is 4.59. The van der Waals surface area contributed by atoms with Gasteiger partial charge in [-0.3, -0.25) is 4.98 Å². The van der Waals surface area contributed by atoms with E-state index in [1.54, 1.807) is 24.4 Å². The van der Waals surface area contributed by atoms with Crippen molar-refractivity contribution in [1.82, 2.24) is 4.98 Å². The molecule has 2 aromatic rings. The number of hydrogen-bond donors (Lipinski definition) is 0. The Labute approximate surface area is 110 Å². The van der Waals surface area contributed by atoms with Gasteiger partial charge in [-0.15, -0.1) is 0 Å². The molecule has 0 atom stereocenters. The van der Waals surface area contributed by atoms with Gasteiger partial charge in [0.1, 0.15) is 0 Å². The molecule has 100 valence electrons. The van der Waals surface area contributed by atoms with E-state index >= 15 is 0 Å². The van der Waals surface area contributed by atoms with Gasteiger partial charge in [-0.2, -0.15) is 13.2 Å². The second-order valence-electron chi connectivity index (χ2n) is 4.92. The van der Waals surface area contributed by atoms with E-state index in [4.69, 9.17) is 0 Å². The van der Waals surface area contributed by atoms with Crippen molar-refractivity contribution in [2.45, 2.75) is 25.4 Å². The average Bonchev–Trinajstić information content (AvgIpc) is 2.39. The third kappa shape index (κ3) is 2.62. The minimum Gasteiger partial charge on any atom is -0.256 e. The smallest absolute Gasteiger partial charge is 0.256 e. The van der Waals surface area contributed by atoms with Gasteiger partial charge in [0.2, 0.25) is 0 Å². The zero-order valence-corrected chi connectivity index (χ0v) is 10.7. The average molecular weight is 265 g/mol. The lowest BCUT2D eigenvalue weighted by Crippen LogP contribution is -2.36. The number of nitrogens with zero attached hydrogens (tertiary/aromatic N) is 1. The fraction of sp³-hybridized carbons (Fsp3) is 0.267. The normalized spacial score (nSPS) is 12.5. The lowest BCUT2D eigenvalue weighted by molar-refractivity contribution is -0.180. The monoisotopic (exact) mass is 265 g/mol. The highest BCUT2D eigenvalue weighted by atomic mass is 19.4. The highest BCUT2D eigenvalue weighted by Crippen LogP contribution is 2.40. The number of hydrogen-bond acceptors (Lipinski definition) is 1. The maximum atomic E-state index is 12.9. The van der Waals surface area contributed by atoms with Crippen molar-refractivity contribution in [3.05, 3.63) is 54.2 Å². The molecule has 0 aliphatic carbocycles. The summed E-state index contributed by atoms with van der Waals surface area (Å²) in [6.07, 6.45) is -2.61. The minimum absolute atomic E-state index is 0.250. The van der Waals surface area contributed by atoms with Crippen molar-refractivity contribution in [2.24, 2.45) is 0 Å². The first-order valence-corrected chi connectivity index (χ1v) is 5.91. The van der Waals surface area contributed by atoms with Gasteiger partial charge in [-0.05, 0) is 31.5 Å². The van der Waals surface area contributed by atoms with Crippen LogP contribution in [0, 0.1) is 0 Å². The van der Waals surface area contributed by atoms with Crippen LogP contribution < -0.4 is 0 Å². The summed E-state index contributed by atoms with van der Waals surface area (Å²) >= 11 is 0. The van der Waals surface area contributed by atoms with Crippen molar-refractivity contribution in [3.8, 4) is 11.3 Å². The molecule has 0 radical (unpaired) electrons. The third-order valence-corrected chi connectivity index (χ3v) is 3.28. The predicted molar refractivity (Wildman–Crippen MR) is 68.8 cm³/mol. The first-order valence-electron chi connectivity index (χ1n) is 5.91. The molecule has 1 aromatic carbocycles. The summed E-state index contributed by atoms with van der Waals surface area (Å²) in [6, 6.07) is 11.8. The first kappa shape index (κ1) is 13.6. The molecular formula is C15H14F3N. The molecule has 0 spiro atoms. The number of benzene rings is 1. The van der Waals surface area contributed by atoms with Crippen LogP contribution in [0.4, 0.5) is 13.2 Å². The number of halogens is 3. The second-order valence-corrected chi connectivity index (χ2v) is 4.92. The van der Waals surface area contributed by atoms with Crippen molar-refractivity contribution in [3.63, 3.8) is 0 Å². The molecule has 0 saturated heterocycles. The van der Waals surface area contributed by atoms with Gasteiger partial charge in [0.05, 0.1) is 11.1 Å². The van der Waals surface area contributed by atoms with Gasteiger partial charge in [0.15, 0.2) is 0 Å². The van der Waals surface area contributed by atoms with Crippen molar-refractivity contribution < 1.29 is 13.2 Å². The van der Waals surface area contributed by atoms with Crippen LogP contribution >= 0.6 is 0 Å². The summed E-state index contributed by atoms with van der Waals surface area (Å²) in [6.45, 7) is 2.37. The van der Waals surface area contributed by atoms with E-state index < -0.39 is 11.6 Å².